The molecule has 2 aromatic rings. The zero-order valence-electron chi connectivity index (χ0n) is 13.0. The summed E-state index contributed by atoms with van der Waals surface area (Å²) >= 11 is 1.21. The van der Waals surface area contributed by atoms with Gasteiger partial charge < -0.3 is 5.32 Å². The second-order valence-corrected chi connectivity index (χ2v) is 6.38. The van der Waals surface area contributed by atoms with E-state index in [1.54, 1.807) is 6.92 Å². The van der Waals surface area contributed by atoms with E-state index in [2.05, 4.69) is 15.5 Å². The minimum absolute atomic E-state index is 0.237. The number of aromatic amines is 1. The van der Waals surface area contributed by atoms with Crippen LogP contribution in [-0.2, 0) is 11.3 Å². The molecule has 0 aliphatic rings. The number of hydrogen-bond donors (Lipinski definition) is 2. The van der Waals surface area contributed by atoms with E-state index in [1.165, 1.54) is 40.6 Å². The van der Waals surface area contributed by atoms with Crippen LogP contribution in [-0.4, -0.2) is 25.9 Å². The fraction of sp³-hybridized carbons (Fsp3) is 0.400. The van der Waals surface area contributed by atoms with E-state index in [1.807, 2.05) is 6.92 Å². The van der Waals surface area contributed by atoms with Gasteiger partial charge in [0.05, 0.1) is 5.25 Å². The van der Waals surface area contributed by atoms with E-state index in [-0.39, 0.29) is 17.4 Å². The van der Waals surface area contributed by atoms with Crippen molar-refractivity contribution in [2.24, 2.45) is 0 Å². The van der Waals surface area contributed by atoms with E-state index in [4.69, 9.17) is 0 Å². The molecule has 0 fully saturated rings. The number of thioether (sulfide) groups is 1. The molecule has 0 spiro atoms. The van der Waals surface area contributed by atoms with Crippen molar-refractivity contribution in [1.82, 2.24) is 14.8 Å². The summed E-state index contributed by atoms with van der Waals surface area (Å²) in [7, 11) is 0. The van der Waals surface area contributed by atoms with E-state index >= 15 is 0 Å². The highest BCUT2D eigenvalue weighted by Gasteiger charge is 2.19. The van der Waals surface area contributed by atoms with Gasteiger partial charge in [0.2, 0.25) is 5.91 Å². The van der Waals surface area contributed by atoms with Crippen LogP contribution < -0.4 is 11.0 Å². The first-order valence-corrected chi connectivity index (χ1v) is 8.27. The van der Waals surface area contributed by atoms with Gasteiger partial charge in [0.25, 0.3) is 0 Å². The summed E-state index contributed by atoms with van der Waals surface area (Å²) in [4.78, 5) is 23.9. The number of amides is 1. The number of carbonyl (C=O) groups is 1. The summed E-state index contributed by atoms with van der Waals surface area (Å²) in [6, 6.07) is 5.56. The lowest BCUT2D eigenvalue weighted by atomic mass is 10.3. The van der Waals surface area contributed by atoms with Gasteiger partial charge in [-0.25, -0.2) is 14.3 Å². The Balaban J connectivity index is 2.01. The molecule has 1 atom stereocenters. The van der Waals surface area contributed by atoms with Crippen molar-refractivity contribution in [3.63, 3.8) is 0 Å². The third kappa shape index (κ3) is 4.69. The lowest BCUT2D eigenvalue weighted by Gasteiger charge is -2.12. The molecule has 0 aliphatic heterocycles. The van der Waals surface area contributed by atoms with Crippen molar-refractivity contribution in [1.29, 1.82) is 0 Å². The second-order valence-electron chi connectivity index (χ2n) is 5.07. The molecule has 0 saturated carbocycles. The molecule has 124 valence electrons. The Hall–Kier alpha value is -2.09. The minimum atomic E-state index is -0.448. The smallest absolute Gasteiger partial charge is 0.325 e. The van der Waals surface area contributed by atoms with Crippen LogP contribution in [0.15, 0.2) is 34.2 Å². The number of unbranched alkanes of at least 4 members (excludes halogenated alkanes) is 1. The zero-order chi connectivity index (χ0) is 16.8. The number of rotatable bonds is 7. The molecule has 0 aliphatic carbocycles. The molecule has 1 aromatic carbocycles. The molecule has 2 rings (SSSR count). The van der Waals surface area contributed by atoms with Crippen LogP contribution in [0.25, 0.3) is 0 Å². The fourth-order valence-electron chi connectivity index (χ4n) is 1.90. The maximum absolute atomic E-state index is 12.9. The monoisotopic (exact) mass is 338 g/mol. The second kappa shape index (κ2) is 7.96. The first-order chi connectivity index (χ1) is 11.0. The Labute approximate surface area is 137 Å². The molecular formula is C15H19FN4O2S. The summed E-state index contributed by atoms with van der Waals surface area (Å²) in [6.07, 6.45) is 1.82. The highest BCUT2D eigenvalue weighted by Crippen LogP contribution is 2.21. The number of aromatic nitrogens is 3. The molecule has 1 heterocycles. The normalized spacial score (nSPS) is 12.1. The lowest BCUT2D eigenvalue weighted by molar-refractivity contribution is -0.115. The van der Waals surface area contributed by atoms with Crippen molar-refractivity contribution >= 4 is 23.4 Å². The number of H-pyrrole nitrogens is 1. The average molecular weight is 338 g/mol. The number of carbonyl (C=O) groups excluding carboxylic acids is 1. The van der Waals surface area contributed by atoms with Gasteiger partial charge in [-0.3, -0.25) is 9.36 Å². The lowest BCUT2D eigenvalue weighted by Crippen LogP contribution is -2.24. The number of anilines is 1. The quantitative estimate of drug-likeness (QED) is 0.761. The van der Waals surface area contributed by atoms with Crippen LogP contribution in [0.2, 0.25) is 0 Å². The number of halogens is 1. The number of hydrogen-bond acceptors (Lipinski definition) is 4. The summed E-state index contributed by atoms with van der Waals surface area (Å²) < 4.78 is 14.4. The SMILES string of the molecule is CCCCn1c(S[C@@H](C)C(=O)Nc2ccc(F)cc2)n[nH]c1=O. The predicted octanol–water partition coefficient (Wildman–Crippen LogP) is 2.63. The Morgan fingerprint density at radius 3 is 2.78 bits per heavy atom. The van der Waals surface area contributed by atoms with Gasteiger partial charge >= 0.3 is 5.69 Å². The molecule has 0 unspecified atom stereocenters. The van der Waals surface area contributed by atoms with Crippen LogP contribution in [0, 0.1) is 5.82 Å². The standard InChI is InChI=1S/C15H19FN4O2S/c1-3-4-9-20-14(22)18-19-15(20)23-10(2)13(21)17-12-7-5-11(16)6-8-12/h5-8,10H,3-4,9H2,1-2H3,(H,17,21)(H,18,22)/t10-/m0/s1. The van der Waals surface area contributed by atoms with Crippen LogP contribution in [0.5, 0.6) is 0 Å². The molecule has 0 bridgehead atoms. The summed E-state index contributed by atoms with van der Waals surface area (Å²) in [5.74, 6) is -0.596. The van der Waals surface area contributed by atoms with Gasteiger partial charge in [0.1, 0.15) is 5.82 Å². The van der Waals surface area contributed by atoms with E-state index in [0.29, 0.717) is 17.4 Å². The van der Waals surface area contributed by atoms with Gasteiger partial charge in [-0.2, -0.15) is 0 Å². The van der Waals surface area contributed by atoms with Crippen LogP contribution in [0.4, 0.5) is 10.1 Å². The predicted molar refractivity (Wildman–Crippen MR) is 88.1 cm³/mol. The Kier molecular flexibility index (Phi) is 5.97. The van der Waals surface area contributed by atoms with Gasteiger partial charge in [-0.05, 0) is 37.6 Å². The molecule has 1 aromatic heterocycles. The van der Waals surface area contributed by atoms with E-state index in [9.17, 15) is 14.0 Å². The third-order valence-corrected chi connectivity index (χ3v) is 4.31. The molecule has 8 heteroatoms. The van der Waals surface area contributed by atoms with Crippen molar-refractivity contribution in [2.75, 3.05) is 5.32 Å². The van der Waals surface area contributed by atoms with Crippen molar-refractivity contribution in [2.45, 2.75) is 43.6 Å². The Morgan fingerprint density at radius 1 is 1.43 bits per heavy atom. The highest BCUT2D eigenvalue weighted by molar-refractivity contribution is 8.00. The first-order valence-electron chi connectivity index (χ1n) is 7.39. The number of benzene rings is 1. The molecule has 0 radical (unpaired) electrons. The third-order valence-electron chi connectivity index (χ3n) is 3.22. The van der Waals surface area contributed by atoms with Crippen molar-refractivity contribution < 1.29 is 9.18 Å². The van der Waals surface area contributed by atoms with Gasteiger partial charge in [0, 0.05) is 12.2 Å². The molecular weight excluding hydrogens is 319 g/mol. The van der Waals surface area contributed by atoms with Gasteiger partial charge in [-0.15, -0.1) is 5.10 Å². The molecule has 6 nitrogen and oxygen atoms in total. The summed E-state index contributed by atoms with van der Waals surface area (Å²) in [5.41, 5.74) is 0.251. The van der Waals surface area contributed by atoms with Crippen LogP contribution >= 0.6 is 11.8 Å². The Bertz CT molecular complexity index is 711. The summed E-state index contributed by atoms with van der Waals surface area (Å²) in [5, 5.41) is 9.13. The molecule has 1 amide bonds. The number of nitrogens with one attached hydrogen (secondary N) is 2. The first kappa shape index (κ1) is 17.3. The summed E-state index contributed by atoms with van der Waals surface area (Å²) in [6.45, 7) is 4.34. The fourth-order valence-corrected chi connectivity index (χ4v) is 2.78. The topological polar surface area (TPSA) is 79.8 Å². The number of nitrogens with zero attached hydrogens (tertiary/aromatic N) is 2. The van der Waals surface area contributed by atoms with Gasteiger partial charge in [-0.1, -0.05) is 25.1 Å². The maximum Gasteiger partial charge on any atom is 0.343 e. The zero-order valence-corrected chi connectivity index (χ0v) is 13.8. The Morgan fingerprint density at radius 2 is 2.13 bits per heavy atom. The van der Waals surface area contributed by atoms with E-state index in [0.717, 1.165) is 12.8 Å². The highest BCUT2D eigenvalue weighted by atomic mass is 32.2. The minimum Gasteiger partial charge on any atom is -0.325 e. The molecule has 23 heavy (non-hydrogen) atoms. The van der Waals surface area contributed by atoms with E-state index < -0.39 is 5.25 Å². The molecule has 2 N–H and O–H groups in total. The van der Waals surface area contributed by atoms with Crippen LogP contribution in [0.1, 0.15) is 26.7 Å². The molecule has 0 saturated heterocycles. The maximum atomic E-state index is 12.9. The largest absolute Gasteiger partial charge is 0.343 e. The van der Waals surface area contributed by atoms with Gasteiger partial charge in [0.15, 0.2) is 5.16 Å². The van der Waals surface area contributed by atoms with Crippen LogP contribution in [0.3, 0.4) is 0 Å². The van der Waals surface area contributed by atoms with Crippen molar-refractivity contribution in [3.05, 3.63) is 40.6 Å². The average Bonchev–Trinajstić information content (AvgIpc) is 2.87. The van der Waals surface area contributed by atoms with Crippen molar-refractivity contribution in [3.8, 4) is 0 Å².